The molecule has 4 aromatic rings. The molecule has 0 fully saturated rings. The van der Waals surface area contributed by atoms with Gasteiger partial charge in [0.25, 0.3) is 0 Å². The number of nitrogens with zero attached hydrogens (tertiary/aromatic N) is 2. The fourth-order valence-electron chi connectivity index (χ4n) is 2.81. The Hall–Kier alpha value is -2.43. The Kier molecular flexibility index (Phi) is 4.87. The van der Waals surface area contributed by atoms with Crippen molar-refractivity contribution in [1.29, 1.82) is 0 Å². The molecule has 0 saturated heterocycles. The number of thioether (sulfide) groups is 1. The van der Waals surface area contributed by atoms with E-state index in [1.165, 1.54) is 5.56 Å². The number of methoxy groups -OCH3 is 1. The zero-order chi connectivity index (χ0) is 17.9. The summed E-state index contributed by atoms with van der Waals surface area (Å²) in [5.74, 6) is 1.67. The number of halogens is 1. The topological polar surface area (TPSA) is 27.1 Å². The van der Waals surface area contributed by atoms with Gasteiger partial charge in [0.15, 0.2) is 5.16 Å². The second kappa shape index (κ2) is 7.44. The molecule has 0 spiro atoms. The molecule has 1 heterocycles. The predicted octanol–water partition coefficient (Wildman–Crippen LogP) is 5.98. The van der Waals surface area contributed by atoms with Gasteiger partial charge in [0.05, 0.1) is 18.1 Å². The SMILES string of the molecule is COc1ccc(-n2c(SCc3ccc(Cl)cc3)nc3ccccc32)cc1. The fraction of sp³-hybridized carbons (Fsp3) is 0.0952. The van der Waals surface area contributed by atoms with E-state index in [-0.39, 0.29) is 0 Å². The highest BCUT2D eigenvalue weighted by Crippen LogP contribution is 2.30. The van der Waals surface area contributed by atoms with Gasteiger partial charge < -0.3 is 4.74 Å². The number of ether oxygens (including phenoxy) is 1. The number of hydrogen-bond donors (Lipinski definition) is 0. The van der Waals surface area contributed by atoms with Crippen LogP contribution in [-0.2, 0) is 5.75 Å². The standard InChI is InChI=1S/C21H17ClN2OS/c1-25-18-12-10-17(11-13-18)24-20-5-3-2-4-19(20)23-21(24)26-14-15-6-8-16(22)9-7-15/h2-13H,14H2,1H3. The van der Waals surface area contributed by atoms with E-state index in [1.54, 1.807) is 18.9 Å². The number of benzene rings is 3. The first-order valence-electron chi connectivity index (χ1n) is 8.24. The van der Waals surface area contributed by atoms with Crippen molar-refractivity contribution in [3.63, 3.8) is 0 Å². The molecule has 0 atom stereocenters. The minimum Gasteiger partial charge on any atom is -0.497 e. The second-order valence-electron chi connectivity index (χ2n) is 5.83. The quantitative estimate of drug-likeness (QED) is 0.398. The van der Waals surface area contributed by atoms with Gasteiger partial charge in [-0.25, -0.2) is 4.98 Å². The normalized spacial score (nSPS) is 11.0. The lowest BCUT2D eigenvalue weighted by Crippen LogP contribution is -1.97. The van der Waals surface area contributed by atoms with Crippen molar-refractivity contribution in [1.82, 2.24) is 9.55 Å². The minimum absolute atomic E-state index is 0.754. The van der Waals surface area contributed by atoms with E-state index < -0.39 is 0 Å². The summed E-state index contributed by atoms with van der Waals surface area (Å²) in [6.07, 6.45) is 0. The van der Waals surface area contributed by atoms with Gasteiger partial charge >= 0.3 is 0 Å². The average molecular weight is 381 g/mol. The highest BCUT2D eigenvalue weighted by Gasteiger charge is 2.13. The van der Waals surface area contributed by atoms with Crippen molar-refractivity contribution in [3.8, 4) is 11.4 Å². The van der Waals surface area contributed by atoms with Crippen LogP contribution in [0.5, 0.6) is 5.75 Å². The molecule has 0 saturated carbocycles. The molecule has 0 aliphatic heterocycles. The Labute approximate surface area is 161 Å². The van der Waals surface area contributed by atoms with Gasteiger partial charge in [0.1, 0.15) is 5.75 Å². The van der Waals surface area contributed by atoms with Gasteiger partial charge in [0.2, 0.25) is 0 Å². The first-order chi connectivity index (χ1) is 12.7. The molecule has 0 N–H and O–H groups in total. The van der Waals surface area contributed by atoms with Crippen LogP contribution in [0.1, 0.15) is 5.56 Å². The summed E-state index contributed by atoms with van der Waals surface area (Å²) in [7, 11) is 1.68. The average Bonchev–Trinajstić information content (AvgIpc) is 3.06. The number of rotatable bonds is 5. The highest BCUT2D eigenvalue weighted by molar-refractivity contribution is 7.98. The van der Waals surface area contributed by atoms with Crippen LogP contribution in [0.3, 0.4) is 0 Å². The third-order valence-electron chi connectivity index (χ3n) is 4.14. The number of hydrogen-bond acceptors (Lipinski definition) is 3. The maximum Gasteiger partial charge on any atom is 0.174 e. The maximum absolute atomic E-state index is 5.98. The minimum atomic E-state index is 0.754. The lowest BCUT2D eigenvalue weighted by atomic mass is 10.2. The van der Waals surface area contributed by atoms with Crippen LogP contribution in [0, 0.1) is 0 Å². The van der Waals surface area contributed by atoms with Crippen molar-refractivity contribution in [3.05, 3.63) is 83.4 Å². The Balaban J connectivity index is 1.72. The van der Waals surface area contributed by atoms with Crippen LogP contribution < -0.4 is 4.74 Å². The van der Waals surface area contributed by atoms with E-state index in [0.29, 0.717) is 0 Å². The molecule has 3 nitrogen and oxygen atoms in total. The zero-order valence-corrected chi connectivity index (χ0v) is 15.8. The van der Waals surface area contributed by atoms with E-state index in [0.717, 1.165) is 38.4 Å². The van der Waals surface area contributed by atoms with Gasteiger partial charge in [-0.15, -0.1) is 0 Å². The van der Waals surface area contributed by atoms with E-state index >= 15 is 0 Å². The Morgan fingerprint density at radius 1 is 0.962 bits per heavy atom. The molecule has 4 rings (SSSR count). The third-order valence-corrected chi connectivity index (χ3v) is 5.40. The van der Waals surface area contributed by atoms with Crippen LogP contribution in [0.25, 0.3) is 16.7 Å². The summed E-state index contributed by atoms with van der Waals surface area (Å²) in [5, 5.41) is 1.72. The molecule has 1 aromatic heterocycles. The number of aromatic nitrogens is 2. The Morgan fingerprint density at radius 3 is 2.42 bits per heavy atom. The van der Waals surface area contributed by atoms with E-state index in [4.69, 9.17) is 21.3 Å². The largest absolute Gasteiger partial charge is 0.497 e. The Bertz CT molecular complexity index is 1030. The van der Waals surface area contributed by atoms with Crippen LogP contribution in [0.15, 0.2) is 78.0 Å². The van der Waals surface area contributed by atoms with Gasteiger partial charge in [-0.05, 0) is 54.1 Å². The van der Waals surface area contributed by atoms with E-state index in [2.05, 4.69) is 34.9 Å². The van der Waals surface area contributed by atoms with Crippen molar-refractivity contribution >= 4 is 34.4 Å². The maximum atomic E-state index is 5.98. The first kappa shape index (κ1) is 17.0. The number of fused-ring (bicyclic) bond motifs is 1. The molecule has 26 heavy (non-hydrogen) atoms. The summed E-state index contributed by atoms with van der Waals surface area (Å²) in [6, 6.07) is 24.2. The molecule has 0 bridgehead atoms. The molecule has 5 heteroatoms. The van der Waals surface area contributed by atoms with Crippen LogP contribution in [-0.4, -0.2) is 16.7 Å². The van der Waals surface area contributed by atoms with Gasteiger partial charge in [-0.3, -0.25) is 4.57 Å². The van der Waals surface area contributed by atoms with Crippen LogP contribution in [0.2, 0.25) is 5.02 Å². The molecule has 0 aliphatic carbocycles. The fourth-order valence-corrected chi connectivity index (χ4v) is 3.92. The second-order valence-corrected chi connectivity index (χ2v) is 7.21. The summed E-state index contributed by atoms with van der Waals surface area (Å²) >= 11 is 7.69. The van der Waals surface area contributed by atoms with Gasteiger partial charge in [0, 0.05) is 16.5 Å². The van der Waals surface area contributed by atoms with Crippen LogP contribution >= 0.6 is 23.4 Å². The summed E-state index contributed by atoms with van der Waals surface area (Å²) in [6.45, 7) is 0. The highest BCUT2D eigenvalue weighted by atomic mass is 35.5. The zero-order valence-electron chi connectivity index (χ0n) is 14.2. The molecule has 0 aliphatic rings. The monoisotopic (exact) mass is 380 g/mol. The molecular formula is C21H17ClN2OS. The number of imidazole rings is 1. The van der Waals surface area contributed by atoms with Crippen molar-refractivity contribution in [2.45, 2.75) is 10.9 Å². The summed E-state index contributed by atoms with van der Waals surface area (Å²) in [5.41, 5.74) is 4.36. The lowest BCUT2D eigenvalue weighted by Gasteiger charge is -2.10. The summed E-state index contributed by atoms with van der Waals surface area (Å²) < 4.78 is 7.47. The van der Waals surface area contributed by atoms with Crippen molar-refractivity contribution < 1.29 is 4.74 Å². The molecule has 0 amide bonds. The van der Waals surface area contributed by atoms with E-state index in [1.807, 2.05) is 42.5 Å². The number of para-hydroxylation sites is 2. The first-order valence-corrected chi connectivity index (χ1v) is 9.60. The molecule has 130 valence electrons. The smallest absolute Gasteiger partial charge is 0.174 e. The summed E-state index contributed by atoms with van der Waals surface area (Å²) in [4.78, 5) is 4.83. The van der Waals surface area contributed by atoms with Gasteiger partial charge in [-0.1, -0.05) is 47.6 Å². The van der Waals surface area contributed by atoms with Crippen LogP contribution in [0.4, 0.5) is 0 Å². The molecule has 0 radical (unpaired) electrons. The molecule has 0 unspecified atom stereocenters. The third kappa shape index (κ3) is 3.43. The predicted molar refractivity (Wildman–Crippen MR) is 109 cm³/mol. The van der Waals surface area contributed by atoms with Crippen molar-refractivity contribution in [2.24, 2.45) is 0 Å². The molecule has 3 aromatic carbocycles. The van der Waals surface area contributed by atoms with E-state index in [9.17, 15) is 0 Å². The van der Waals surface area contributed by atoms with Gasteiger partial charge in [-0.2, -0.15) is 0 Å². The van der Waals surface area contributed by atoms with Crippen molar-refractivity contribution in [2.75, 3.05) is 7.11 Å². The Morgan fingerprint density at radius 2 is 1.69 bits per heavy atom. The molecular weight excluding hydrogens is 364 g/mol. The lowest BCUT2D eigenvalue weighted by molar-refractivity contribution is 0.414.